The number of hydrogen-bond donors (Lipinski definition) is 0. The number of fused-ring (bicyclic) bond motifs is 3. The van der Waals surface area contributed by atoms with Crippen LogP contribution in [0.2, 0.25) is 0 Å². The predicted octanol–water partition coefficient (Wildman–Crippen LogP) is 5.82. The maximum absolute atomic E-state index is 5.87. The highest BCUT2D eigenvalue weighted by molar-refractivity contribution is 6.09. The van der Waals surface area contributed by atoms with Gasteiger partial charge in [-0.15, -0.1) is 0 Å². The average Bonchev–Trinajstić information content (AvgIpc) is 3.19. The molecule has 3 aromatic carbocycles. The second kappa shape index (κ2) is 7.59. The number of nitrogens with zero attached hydrogens (tertiary/aromatic N) is 5. The summed E-state index contributed by atoms with van der Waals surface area (Å²) in [6.45, 7) is 0. The average molecular weight is 415 g/mol. The fourth-order valence-corrected chi connectivity index (χ4v) is 3.97. The zero-order valence-electron chi connectivity index (χ0n) is 17.0. The molecule has 0 spiro atoms. The molecule has 0 unspecified atom stereocenters. The van der Waals surface area contributed by atoms with Crippen LogP contribution in [-0.2, 0) is 0 Å². The van der Waals surface area contributed by atoms with E-state index in [1.165, 1.54) is 5.39 Å². The lowest BCUT2D eigenvalue weighted by atomic mass is 10.0. The van der Waals surface area contributed by atoms with Crippen LogP contribution in [0.5, 0.6) is 11.6 Å². The maximum atomic E-state index is 5.87. The largest absolute Gasteiger partial charge is 0.437 e. The van der Waals surface area contributed by atoms with Crippen molar-refractivity contribution in [2.75, 3.05) is 0 Å². The van der Waals surface area contributed by atoms with Gasteiger partial charge in [0.05, 0.1) is 17.2 Å². The SMILES string of the molecule is c1cnc(-n2c3ccccc3c3ccc(-c4cccc(Oc5cnccn5)c4)cc32)nc1. The predicted molar refractivity (Wildman–Crippen MR) is 124 cm³/mol. The van der Waals surface area contributed by atoms with Crippen LogP contribution in [-0.4, -0.2) is 24.5 Å². The fraction of sp³-hybridized carbons (Fsp3) is 0. The lowest BCUT2D eigenvalue weighted by Crippen LogP contribution is -1.99. The zero-order chi connectivity index (χ0) is 21.3. The summed E-state index contributed by atoms with van der Waals surface area (Å²) in [5.74, 6) is 1.81. The second-order valence-corrected chi connectivity index (χ2v) is 7.31. The first kappa shape index (κ1) is 18.2. The highest BCUT2D eigenvalue weighted by Crippen LogP contribution is 2.34. The van der Waals surface area contributed by atoms with Crippen LogP contribution in [0, 0.1) is 0 Å². The molecule has 0 atom stereocenters. The fourth-order valence-electron chi connectivity index (χ4n) is 3.97. The van der Waals surface area contributed by atoms with E-state index in [1.54, 1.807) is 31.0 Å². The van der Waals surface area contributed by atoms with E-state index in [0.29, 0.717) is 17.6 Å². The molecule has 0 bridgehead atoms. The Morgan fingerprint density at radius 2 is 1.47 bits per heavy atom. The van der Waals surface area contributed by atoms with Crippen LogP contribution in [0.15, 0.2) is 104 Å². The Labute approximate surface area is 183 Å². The first-order chi connectivity index (χ1) is 15.9. The number of rotatable bonds is 4. The van der Waals surface area contributed by atoms with Crippen LogP contribution in [0.4, 0.5) is 0 Å². The summed E-state index contributed by atoms with van der Waals surface area (Å²) >= 11 is 0. The van der Waals surface area contributed by atoms with Crippen LogP contribution >= 0.6 is 0 Å². The second-order valence-electron chi connectivity index (χ2n) is 7.31. The molecule has 152 valence electrons. The zero-order valence-corrected chi connectivity index (χ0v) is 17.0. The highest BCUT2D eigenvalue weighted by Gasteiger charge is 2.14. The molecule has 0 saturated carbocycles. The Morgan fingerprint density at radius 3 is 2.34 bits per heavy atom. The molecule has 0 fully saturated rings. The maximum Gasteiger partial charge on any atom is 0.237 e. The smallest absolute Gasteiger partial charge is 0.237 e. The molecule has 0 aliphatic carbocycles. The first-order valence-electron chi connectivity index (χ1n) is 10.2. The summed E-state index contributed by atoms with van der Waals surface area (Å²) in [4.78, 5) is 17.2. The number of para-hydroxylation sites is 1. The van der Waals surface area contributed by atoms with Crippen molar-refractivity contribution in [3.63, 3.8) is 0 Å². The minimum Gasteiger partial charge on any atom is -0.437 e. The quantitative estimate of drug-likeness (QED) is 0.363. The standard InChI is InChI=1S/C26H17N5O/c1-2-8-23-21(7-1)22-10-9-19(16-24(22)31(23)26-29-11-4-12-30-26)18-5-3-6-20(15-18)32-25-17-27-13-14-28-25/h1-17H. The van der Waals surface area contributed by atoms with Gasteiger partial charge < -0.3 is 4.74 Å². The molecule has 6 nitrogen and oxygen atoms in total. The Morgan fingerprint density at radius 1 is 0.625 bits per heavy atom. The summed E-state index contributed by atoms with van der Waals surface area (Å²) < 4.78 is 7.98. The summed E-state index contributed by atoms with van der Waals surface area (Å²) in [5, 5.41) is 2.32. The van der Waals surface area contributed by atoms with Crippen LogP contribution in [0.25, 0.3) is 38.9 Å². The lowest BCUT2D eigenvalue weighted by molar-refractivity contribution is 0.460. The summed E-state index contributed by atoms with van der Waals surface area (Å²) in [5.41, 5.74) is 4.24. The van der Waals surface area contributed by atoms with Crippen molar-refractivity contribution < 1.29 is 4.74 Å². The van der Waals surface area contributed by atoms with Gasteiger partial charge in [-0.1, -0.05) is 42.5 Å². The van der Waals surface area contributed by atoms with E-state index >= 15 is 0 Å². The normalized spacial score (nSPS) is 11.1. The first-order valence-corrected chi connectivity index (χ1v) is 10.2. The van der Waals surface area contributed by atoms with Gasteiger partial charge in [0.2, 0.25) is 11.8 Å². The van der Waals surface area contributed by atoms with Crippen LogP contribution in [0.1, 0.15) is 0 Å². The molecular formula is C26H17N5O. The molecule has 6 aromatic rings. The third kappa shape index (κ3) is 3.15. The topological polar surface area (TPSA) is 65.7 Å². The van der Waals surface area contributed by atoms with Crippen molar-refractivity contribution in [1.29, 1.82) is 0 Å². The highest BCUT2D eigenvalue weighted by atomic mass is 16.5. The van der Waals surface area contributed by atoms with Gasteiger partial charge in [0.15, 0.2) is 0 Å². The van der Waals surface area contributed by atoms with E-state index in [0.717, 1.165) is 27.5 Å². The Hall–Kier alpha value is -4.58. The van der Waals surface area contributed by atoms with Gasteiger partial charge >= 0.3 is 0 Å². The molecule has 0 aliphatic rings. The molecular weight excluding hydrogens is 398 g/mol. The van der Waals surface area contributed by atoms with E-state index in [4.69, 9.17) is 4.74 Å². The van der Waals surface area contributed by atoms with E-state index in [2.05, 4.69) is 67.0 Å². The lowest BCUT2D eigenvalue weighted by Gasteiger charge is -2.09. The summed E-state index contributed by atoms with van der Waals surface area (Å²) in [6.07, 6.45) is 8.35. The van der Waals surface area contributed by atoms with Gasteiger partial charge in [-0.2, -0.15) is 0 Å². The minimum atomic E-state index is 0.460. The third-order valence-corrected chi connectivity index (χ3v) is 5.36. The van der Waals surface area contributed by atoms with E-state index < -0.39 is 0 Å². The molecule has 0 N–H and O–H groups in total. The number of benzene rings is 3. The van der Waals surface area contributed by atoms with E-state index in [-0.39, 0.29) is 0 Å². The monoisotopic (exact) mass is 415 g/mol. The van der Waals surface area contributed by atoms with Gasteiger partial charge in [-0.25, -0.2) is 15.0 Å². The van der Waals surface area contributed by atoms with Crippen LogP contribution < -0.4 is 4.74 Å². The molecule has 3 aromatic heterocycles. The van der Waals surface area contributed by atoms with E-state index in [9.17, 15) is 0 Å². The number of aromatic nitrogens is 5. The molecule has 6 rings (SSSR count). The molecule has 0 aliphatic heterocycles. The Kier molecular flexibility index (Phi) is 4.32. The van der Waals surface area contributed by atoms with Crippen molar-refractivity contribution in [1.82, 2.24) is 24.5 Å². The third-order valence-electron chi connectivity index (χ3n) is 5.36. The van der Waals surface area contributed by atoms with Gasteiger partial charge in [0.25, 0.3) is 0 Å². The number of hydrogen-bond acceptors (Lipinski definition) is 5. The van der Waals surface area contributed by atoms with E-state index in [1.807, 2.05) is 30.3 Å². The summed E-state index contributed by atoms with van der Waals surface area (Å²) in [7, 11) is 0. The van der Waals surface area contributed by atoms with Crippen LogP contribution in [0.3, 0.4) is 0 Å². The van der Waals surface area contributed by atoms with Crippen molar-refractivity contribution in [3.05, 3.63) is 104 Å². The minimum absolute atomic E-state index is 0.460. The molecule has 3 heterocycles. The Balaban J connectivity index is 1.50. The van der Waals surface area contributed by atoms with Gasteiger partial charge in [0.1, 0.15) is 5.75 Å². The van der Waals surface area contributed by atoms with Gasteiger partial charge in [0, 0.05) is 35.6 Å². The van der Waals surface area contributed by atoms with Gasteiger partial charge in [-0.05, 0) is 41.5 Å². The van der Waals surface area contributed by atoms with Crippen molar-refractivity contribution >= 4 is 21.8 Å². The molecule has 0 radical (unpaired) electrons. The summed E-state index contributed by atoms with van der Waals surface area (Å²) in [6, 6.07) is 24.6. The molecule has 0 amide bonds. The Bertz CT molecular complexity index is 1550. The molecule has 32 heavy (non-hydrogen) atoms. The van der Waals surface area contributed by atoms with Crippen molar-refractivity contribution in [3.8, 4) is 28.7 Å². The molecule has 6 heteroatoms. The van der Waals surface area contributed by atoms with Crippen molar-refractivity contribution in [2.24, 2.45) is 0 Å². The van der Waals surface area contributed by atoms with Crippen molar-refractivity contribution in [2.45, 2.75) is 0 Å². The van der Waals surface area contributed by atoms with Gasteiger partial charge in [-0.3, -0.25) is 9.55 Å². The number of ether oxygens (including phenoxy) is 1. The molecule has 0 saturated heterocycles.